The van der Waals surface area contributed by atoms with E-state index in [4.69, 9.17) is 0 Å². The van der Waals surface area contributed by atoms with E-state index in [9.17, 15) is 0 Å². The summed E-state index contributed by atoms with van der Waals surface area (Å²) in [5, 5.41) is 17.9. The number of carbonyl (C=O) groups is 1. The van der Waals surface area contributed by atoms with Gasteiger partial charge in [0.2, 0.25) is 5.04 Å². The Morgan fingerprint density at radius 3 is 1.47 bits per heavy atom. The maximum Gasteiger partial charge on any atom is 0.239 e. The first kappa shape index (κ1) is 63.2. The molecular weight excluding hydrogens is 1030 g/mol. The number of Topliss-reactive ketones (excluding diaryl/α,β-unsaturated/α-hetero) is 1. The number of hydrogen-bond donors (Lipinski definition) is 0. The van der Waals surface area contributed by atoms with E-state index in [1.54, 1.807) is 22.7 Å². The van der Waals surface area contributed by atoms with E-state index < -0.39 is 0 Å². The van der Waals surface area contributed by atoms with Gasteiger partial charge in [0.05, 0.1) is 9.88 Å². The molecule has 4 aliphatic rings. The van der Waals surface area contributed by atoms with E-state index in [0.717, 1.165) is 61.3 Å². The molecule has 0 aromatic carbocycles. The second-order valence-corrected chi connectivity index (χ2v) is 31.0. The van der Waals surface area contributed by atoms with Gasteiger partial charge >= 0.3 is 0 Å². The number of thiophene rings is 3. The van der Waals surface area contributed by atoms with Crippen molar-refractivity contribution in [1.82, 2.24) is 0 Å². The number of anilines is 1. The van der Waals surface area contributed by atoms with Crippen LogP contribution < -0.4 is 19.1 Å². The van der Waals surface area contributed by atoms with Gasteiger partial charge in [-0.15, -0.1) is 34.0 Å². The molecule has 0 N–H and O–H groups in total. The highest BCUT2D eigenvalue weighted by Crippen LogP contribution is 2.63. The first-order valence-electron chi connectivity index (χ1n) is 32.3. The molecule has 0 saturated heterocycles. The van der Waals surface area contributed by atoms with Crippen LogP contribution in [0, 0.1) is 47.3 Å². The Hall–Kier alpha value is -2.39. The van der Waals surface area contributed by atoms with Crippen molar-refractivity contribution in [3.8, 4) is 9.75 Å². The van der Waals surface area contributed by atoms with Crippen molar-refractivity contribution in [2.75, 3.05) is 31.1 Å². The summed E-state index contributed by atoms with van der Waals surface area (Å²) < 4.78 is 5.02. The lowest BCUT2D eigenvalue weighted by Crippen LogP contribution is -2.34. The van der Waals surface area contributed by atoms with Crippen LogP contribution in [0.25, 0.3) is 25.8 Å². The molecule has 8 heteroatoms. The molecule has 0 saturated carbocycles. The fourth-order valence-electron chi connectivity index (χ4n) is 14.6. The van der Waals surface area contributed by atoms with Crippen LogP contribution in [0.5, 0.6) is 0 Å². The van der Waals surface area contributed by atoms with Crippen molar-refractivity contribution in [2.45, 2.75) is 250 Å². The molecule has 1 aliphatic heterocycles. The average molecular weight is 1140 g/mol. The normalized spacial score (nSPS) is 18.6. The van der Waals surface area contributed by atoms with E-state index in [-0.39, 0.29) is 22.4 Å². The fraction of sp³-hybridized carbons (Fsp3) is 0.714. The van der Waals surface area contributed by atoms with Crippen molar-refractivity contribution >= 4 is 77.7 Å². The Morgan fingerprint density at radius 2 is 1.01 bits per heavy atom. The van der Waals surface area contributed by atoms with Crippen LogP contribution in [0.2, 0.25) is 0 Å². The summed E-state index contributed by atoms with van der Waals surface area (Å²) in [7, 11) is 0. The molecule has 0 bridgehead atoms. The van der Waals surface area contributed by atoms with Gasteiger partial charge in [-0.25, -0.2) is 4.58 Å². The smallest absolute Gasteiger partial charge is 0.239 e. The van der Waals surface area contributed by atoms with Gasteiger partial charge in [0.1, 0.15) is 13.1 Å². The van der Waals surface area contributed by atoms with Crippen molar-refractivity contribution in [1.29, 1.82) is 0 Å². The SMILES string of the molecule is CCCCC(CC)CN(CC(CC)CCCC)c1cc2c(s1)-c1sc(C3=C([O-])/C(=c4/cc5c(s4)=C4SC(=[N+](CC(CC)CCCC)CC(CC)CCCC)C=C4C5(CC(C)C)CC(C)C)C3=O)cc1C2(CC(C)C)CC(C)C. The minimum atomic E-state index is -0.151. The minimum Gasteiger partial charge on any atom is -0.871 e. The molecule has 4 nitrogen and oxygen atoms in total. The number of rotatable bonds is 34. The molecule has 3 aliphatic carbocycles. The van der Waals surface area contributed by atoms with E-state index in [1.807, 2.05) is 23.1 Å². The minimum absolute atomic E-state index is 0.0428. The third-order valence-electron chi connectivity index (χ3n) is 18.5. The molecule has 4 unspecified atom stereocenters. The summed E-state index contributed by atoms with van der Waals surface area (Å²) in [6.07, 6.45) is 27.1. The van der Waals surface area contributed by atoms with Crippen molar-refractivity contribution in [3.05, 3.63) is 66.2 Å². The van der Waals surface area contributed by atoms with Crippen LogP contribution in [0.1, 0.15) is 261 Å². The van der Waals surface area contributed by atoms with Crippen molar-refractivity contribution in [2.24, 2.45) is 47.3 Å². The predicted octanol–water partition coefficient (Wildman–Crippen LogP) is 18.9. The highest BCUT2D eigenvalue weighted by atomic mass is 32.2. The Kier molecular flexibility index (Phi) is 22.9. The van der Waals surface area contributed by atoms with Gasteiger partial charge in [-0.3, -0.25) is 4.79 Å². The Labute approximate surface area is 493 Å². The second-order valence-electron chi connectivity index (χ2n) is 26.8. The molecule has 0 fully saturated rings. The monoisotopic (exact) mass is 1140 g/mol. The second kappa shape index (κ2) is 28.3. The summed E-state index contributed by atoms with van der Waals surface area (Å²) in [4.78, 5) is 22.9. The molecule has 78 heavy (non-hydrogen) atoms. The number of thioether (sulfide) groups is 1. The topological polar surface area (TPSA) is 46.4 Å². The molecule has 434 valence electrons. The maximum absolute atomic E-state index is 15.1. The lowest BCUT2D eigenvalue weighted by atomic mass is 9.67. The summed E-state index contributed by atoms with van der Waals surface area (Å²) in [6.45, 7) is 42.5. The van der Waals surface area contributed by atoms with Gasteiger partial charge in [0.25, 0.3) is 0 Å². The van der Waals surface area contributed by atoms with E-state index in [2.05, 4.69) is 145 Å². The van der Waals surface area contributed by atoms with Crippen LogP contribution in [0.3, 0.4) is 0 Å². The molecule has 7 rings (SSSR count). The molecular formula is C70H108N2O2S4. The number of nitrogens with zero attached hydrogens (tertiary/aromatic N) is 2. The Balaban J connectivity index is 1.36. The Morgan fingerprint density at radius 1 is 0.551 bits per heavy atom. The average Bonchev–Trinajstić information content (AvgIpc) is 4.39. The first-order valence-corrected chi connectivity index (χ1v) is 35.6. The highest BCUT2D eigenvalue weighted by molar-refractivity contribution is 8.22. The highest BCUT2D eigenvalue weighted by Gasteiger charge is 2.51. The third-order valence-corrected chi connectivity index (χ3v) is 23.5. The molecule has 3 aromatic heterocycles. The molecule has 4 heterocycles. The summed E-state index contributed by atoms with van der Waals surface area (Å²) in [6, 6.07) is 7.30. The first-order chi connectivity index (χ1) is 37.4. The van der Waals surface area contributed by atoms with Crippen LogP contribution in [0.15, 0.2) is 35.6 Å². The molecule has 0 radical (unpaired) electrons. The van der Waals surface area contributed by atoms with E-state index in [0.29, 0.717) is 58.5 Å². The molecule has 4 atom stereocenters. The number of hydrogen-bond acceptors (Lipinski definition) is 7. The van der Waals surface area contributed by atoms with Gasteiger partial charge in [0.15, 0.2) is 5.78 Å². The third kappa shape index (κ3) is 13.5. The van der Waals surface area contributed by atoms with Gasteiger partial charge in [-0.2, -0.15) is 0 Å². The largest absolute Gasteiger partial charge is 0.871 e. The number of ketones is 1. The zero-order chi connectivity index (χ0) is 56.6. The van der Waals surface area contributed by atoms with Crippen molar-refractivity contribution in [3.63, 3.8) is 0 Å². The summed E-state index contributed by atoms with van der Waals surface area (Å²) >= 11 is 7.53. The summed E-state index contributed by atoms with van der Waals surface area (Å²) in [5.74, 6) is 4.60. The van der Waals surface area contributed by atoms with Crippen LogP contribution >= 0.6 is 45.8 Å². The summed E-state index contributed by atoms with van der Waals surface area (Å²) in [5.41, 5.74) is 6.32. The zero-order valence-corrected chi connectivity index (χ0v) is 55.5. The van der Waals surface area contributed by atoms with Gasteiger partial charge in [0, 0.05) is 76.7 Å². The van der Waals surface area contributed by atoms with E-state index >= 15 is 9.90 Å². The lowest BCUT2D eigenvalue weighted by molar-refractivity contribution is -0.539. The molecule has 0 amide bonds. The quantitative estimate of drug-likeness (QED) is 0.0559. The van der Waals surface area contributed by atoms with Crippen LogP contribution in [-0.2, 0) is 15.6 Å². The van der Waals surface area contributed by atoms with Crippen molar-refractivity contribution < 1.29 is 14.5 Å². The Bertz CT molecular complexity index is 2660. The van der Waals surface area contributed by atoms with Crippen LogP contribution in [-0.4, -0.2) is 41.6 Å². The molecule has 3 aromatic rings. The number of carbonyl (C=O) groups excluding carboxylic acids is 1. The zero-order valence-electron chi connectivity index (χ0n) is 52.2. The lowest BCUT2D eigenvalue weighted by Gasteiger charge is -2.35. The number of allylic oxidation sites excluding steroid dienone is 2. The predicted molar refractivity (Wildman–Crippen MR) is 346 cm³/mol. The fourth-order valence-corrected chi connectivity index (χ4v) is 20.0. The molecule has 0 spiro atoms. The maximum atomic E-state index is 15.1. The number of unbranched alkanes of at least 4 members (excludes halogenated alkanes) is 4. The van der Waals surface area contributed by atoms with Gasteiger partial charge < -0.3 is 10.0 Å². The standard InChI is InChI=1S/C70H108N2O2S4/c1-17-25-29-49(21-5)41-71(42-50(22-6)30-26-18-2)59-35-55-67(77-59)65-53(69(55,37-45(9)10)38-46(11)12)33-57(75-65)61-63(73)62(64(61)74)58-34-54-66(76-58)68-56(70(54,39-47(13)14)40-48(15)16)36-60(78-68)72(43-51(23-7)31-27-19-3)44-52(24-8)32-28-20-4/h33-36,45-52H,17-32,37-44H2,1-16H3. The van der Waals surface area contributed by atoms with Gasteiger partial charge in [-0.05, 0) is 152 Å². The van der Waals surface area contributed by atoms with Crippen LogP contribution in [0.4, 0.5) is 5.00 Å². The van der Waals surface area contributed by atoms with Gasteiger partial charge in [-0.1, -0.05) is 181 Å². The number of fused-ring (bicyclic) bond motifs is 5. The van der Waals surface area contributed by atoms with E-state index in [1.165, 1.54) is 154 Å².